The van der Waals surface area contributed by atoms with Crippen LogP contribution in [0.25, 0.3) is 5.78 Å². The van der Waals surface area contributed by atoms with Gasteiger partial charge in [0, 0.05) is 42.0 Å². The standard InChI is InChI=1S/C26H35ClN6OS/c1-4-21-11-7-8-14-32(21)15-9-13-28-24(34)17-35-26-30-25-29-18(2)22(19(3)33(25)31-26)16-20-10-5-6-12-23(20)27/h5-6,10,12,21H,4,7-9,11,13-17H2,1-3H3,(H,28,34). The molecule has 1 N–H and O–H groups in total. The lowest BCUT2D eigenvalue weighted by molar-refractivity contribution is -0.118. The highest BCUT2D eigenvalue weighted by Gasteiger charge is 2.20. The van der Waals surface area contributed by atoms with E-state index in [1.807, 2.05) is 38.1 Å². The minimum atomic E-state index is 0.0137. The summed E-state index contributed by atoms with van der Waals surface area (Å²) in [6, 6.07) is 8.56. The van der Waals surface area contributed by atoms with Crippen molar-refractivity contribution >= 4 is 35.0 Å². The molecule has 1 atom stereocenters. The van der Waals surface area contributed by atoms with Crippen molar-refractivity contribution in [3.05, 3.63) is 51.8 Å². The summed E-state index contributed by atoms with van der Waals surface area (Å²) in [4.78, 5) is 24.2. The van der Waals surface area contributed by atoms with E-state index in [0.29, 0.717) is 35.7 Å². The Morgan fingerprint density at radius 3 is 2.86 bits per heavy atom. The zero-order valence-electron chi connectivity index (χ0n) is 20.9. The summed E-state index contributed by atoms with van der Waals surface area (Å²) < 4.78 is 1.77. The highest BCUT2D eigenvalue weighted by molar-refractivity contribution is 7.99. The van der Waals surface area contributed by atoms with E-state index in [0.717, 1.165) is 40.5 Å². The topological polar surface area (TPSA) is 75.4 Å². The van der Waals surface area contributed by atoms with Crippen LogP contribution in [0.15, 0.2) is 29.4 Å². The Hall–Kier alpha value is -2.16. The van der Waals surface area contributed by atoms with Gasteiger partial charge < -0.3 is 10.2 Å². The Labute approximate surface area is 217 Å². The number of carbonyl (C=O) groups excluding carboxylic acids is 1. The predicted molar refractivity (Wildman–Crippen MR) is 142 cm³/mol. The normalized spacial score (nSPS) is 16.6. The number of rotatable bonds is 10. The van der Waals surface area contributed by atoms with E-state index in [2.05, 4.69) is 32.2 Å². The van der Waals surface area contributed by atoms with Gasteiger partial charge in [0.15, 0.2) is 0 Å². The number of aryl methyl sites for hydroxylation is 2. The Morgan fingerprint density at radius 2 is 2.06 bits per heavy atom. The first-order valence-corrected chi connectivity index (χ1v) is 13.9. The molecule has 1 saturated heterocycles. The number of hydrogen-bond donors (Lipinski definition) is 1. The lowest BCUT2D eigenvalue weighted by Gasteiger charge is -2.35. The highest BCUT2D eigenvalue weighted by Crippen LogP contribution is 2.24. The van der Waals surface area contributed by atoms with Gasteiger partial charge in [-0.15, -0.1) is 5.10 Å². The van der Waals surface area contributed by atoms with Gasteiger partial charge in [-0.05, 0) is 63.3 Å². The van der Waals surface area contributed by atoms with Gasteiger partial charge in [0.2, 0.25) is 11.1 Å². The molecule has 3 heterocycles. The zero-order chi connectivity index (χ0) is 24.8. The molecule has 7 nitrogen and oxygen atoms in total. The van der Waals surface area contributed by atoms with Gasteiger partial charge in [-0.1, -0.05) is 54.9 Å². The molecule has 1 aliphatic rings. The average molecular weight is 515 g/mol. The Kier molecular flexibility index (Phi) is 9.03. The minimum Gasteiger partial charge on any atom is -0.355 e. The number of thioether (sulfide) groups is 1. The number of fused-ring (bicyclic) bond motifs is 1. The van der Waals surface area contributed by atoms with Crippen LogP contribution < -0.4 is 5.32 Å². The molecule has 35 heavy (non-hydrogen) atoms. The van der Waals surface area contributed by atoms with Crippen molar-refractivity contribution in [1.82, 2.24) is 29.8 Å². The maximum atomic E-state index is 12.4. The van der Waals surface area contributed by atoms with Crippen LogP contribution in [0.1, 0.15) is 61.5 Å². The van der Waals surface area contributed by atoms with Gasteiger partial charge in [0.25, 0.3) is 5.78 Å². The van der Waals surface area contributed by atoms with E-state index in [9.17, 15) is 4.79 Å². The number of nitrogens with zero attached hydrogens (tertiary/aromatic N) is 5. The molecule has 1 fully saturated rings. The second-order valence-corrected chi connectivity index (χ2v) is 10.6. The first-order chi connectivity index (χ1) is 17.0. The Bertz CT molecular complexity index is 1170. The number of aromatic nitrogens is 4. The van der Waals surface area contributed by atoms with Gasteiger partial charge >= 0.3 is 0 Å². The van der Waals surface area contributed by atoms with Crippen molar-refractivity contribution in [2.75, 3.05) is 25.4 Å². The summed E-state index contributed by atoms with van der Waals surface area (Å²) in [5.74, 6) is 0.862. The van der Waals surface area contributed by atoms with E-state index < -0.39 is 0 Å². The molecule has 0 spiro atoms. The van der Waals surface area contributed by atoms with Crippen molar-refractivity contribution in [2.45, 2.75) is 70.5 Å². The summed E-state index contributed by atoms with van der Waals surface area (Å²) in [5.41, 5.74) is 4.04. The molecule has 0 radical (unpaired) electrons. The molecule has 0 saturated carbocycles. The maximum absolute atomic E-state index is 12.4. The summed E-state index contributed by atoms with van der Waals surface area (Å²) in [7, 11) is 0. The number of amides is 1. The highest BCUT2D eigenvalue weighted by atomic mass is 35.5. The first-order valence-electron chi connectivity index (χ1n) is 12.6. The molecule has 1 aromatic carbocycles. The molecule has 1 amide bonds. The van der Waals surface area contributed by atoms with E-state index in [-0.39, 0.29) is 5.91 Å². The van der Waals surface area contributed by atoms with E-state index in [1.54, 1.807) is 4.52 Å². The SMILES string of the molecule is CCC1CCCCN1CCCNC(=O)CSc1nc2nc(C)c(Cc3ccccc3Cl)c(C)n2n1. The second-order valence-electron chi connectivity index (χ2n) is 9.22. The van der Waals surface area contributed by atoms with E-state index in [4.69, 9.17) is 11.6 Å². The van der Waals surface area contributed by atoms with Crippen molar-refractivity contribution in [1.29, 1.82) is 0 Å². The van der Waals surface area contributed by atoms with Crippen molar-refractivity contribution < 1.29 is 4.79 Å². The molecule has 4 rings (SSSR count). The van der Waals surface area contributed by atoms with Crippen LogP contribution in [0.3, 0.4) is 0 Å². The lowest BCUT2D eigenvalue weighted by Crippen LogP contribution is -2.40. The van der Waals surface area contributed by atoms with Crippen LogP contribution in [0, 0.1) is 13.8 Å². The van der Waals surface area contributed by atoms with Gasteiger partial charge in [0.1, 0.15) is 0 Å². The maximum Gasteiger partial charge on any atom is 0.253 e. The number of benzene rings is 1. The lowest BCUT2D eigenvalue weighted by atomic mass is 10.00. The van der Waals surface area contributed by atoms with E-state index >= 15 is 0 Å². The second kappa shape index (κ2) is 12.2. The largest absolute Gasteiger partial charge is 0.355 e. The fraction of sp³-hybridized carbons (Fsp3) is 0.538. The molecule has 1 aliphatic heterocycles. The first kappa shape index (κ1) is 25.9. The average Bonchev–Trinajstić information content (AvgIpc) is 3.27. The molecule has 188 valence electrons. The summed E-state index contributed by atoms with van der Waals surface area (Å²) >= 11 is 7.72. The monoisotopic (exact) mass is 514 g/mol. The third kappa shape index (κ3) is 6.54. The molecular weight excluding hydrogens is 480 g/mol. The van der Waals surface area contributed by atoms with Crippen LogP contribution in [0.5, 0.6) is 0 Å². The van der Waals surface area contributed by atoms with E-state index in [1.165, 1.54) is 44.0 Å². The number of halogens is 1. The summed E-state index contributed by atoms with van der Waals surface area (Å²) in [5, 5.41) is 8.96. The molecule has 0 bridgehead atoms. The van der Waals surface area contributed by atoms with Gasteiger partial charge in [-0.25, -0.2) is 9.50 Å². The smallest absolute Gasteiger partial charge is 0.253 e. The molecule has 0 aliphatic carbocycles. The number of carbonyl (C=O) groups is 1. The van der Waals surface area contributed by atoms with Crippen LogP contribution in [-0.2, 0) is 11.2 Å². The van der Waals surface area contributed by atoms with Gasteiger partial charge in [-0.3, -0.25) is 4.79 Å². The summed E-state index contributed by atoms with van der Waals surface area (Å²) in [6.45, 7) is 9.23. The number of hydrogen-bond acceptors (Lipinski definition) is 6. The van der Waals surface area contributed by atoms with Crippen LogP contribution >= 0.6 is 23.4 Å². The van der Waals surface area contributed by atoms with Crippen molar-refractivity contribution in [3.8, 4) is 0 Å². The Balaban J connectivity index is 1.30. The number of nitrogens with one attached hydrogen (secondary N) is 1. The van der Waals surface area contributed by atoms with Crippen molar-refractivity contribution in [3.63, 3.8) is 0 Å². The third-order valence-corrected chi connectivity index (χ3v) is 8.06. The fourth-order valence-corrected chi connectivity index (χ4v) is 5.70. The minimum absolute atomic E-state index is 0.0137. The predicted octanol–water partition coefficient (Wildman–Crippen LogP) is 4.85. The molecule has 1 unspecified atom stereocenters. The van der Waals surface area contributed by atoms with Crippen LogP contribution in [0.2, 0.25) is 5.02 Å². The molecule has 2 aromatic heterocycles. The Morgan fingerprint density at radius 1 is 1.23 bits per heavy atom. The fourth-order valence-electron chi connectivity index (χ4n) is 4.85. The zero-order valence-corrected chi connectivity index (χ0v) is 22.5. The molecular formula is C26H35ClN6OS. The quantitative estimate of drug-likeness (QED) is 0.308. The molecule has 3 aromatic rings. The van der Waals surface area contributed by atoms with Gasteiger partial charge in [0.05, 0.1) is 5.75 Å². The van der Waals surface area contributed by atoms with Crippen molar-refractivity contribution in [2.24, 2.45) is 0 Å². The number of likely N-dealkylation sites (tertiary alicyclic amines) is 1. The van der Waals surface area contributed by atoms with Gasteiger partial charge in [-0.2, -0.15) is 4.98 Å². The summed E-state index contributed by atoms with van der Waals surface area (Å²) in [6.07, 6.45) is 6.82. The number of piperidine rings is 1. The third-order valence-electron chi connectivity index (χ3n) is 6.85. The van der Waals surface area contributed by atoms with Crippen LogP contribution in [0.4, 0.5) is 0 Å². The van der Waals surface area contributed by atoms with Crippen LogP contribution in [-0.4, -0.2) is 61.8 Å². The molecule has 9 heteroatoms.